The zero-order chi connectivity index (χ0) is 17.3. The molecular weight excluding hydrogens is 322 g/mol. The predicted octanol–water partition coefficient (Wildman–Crippen LogP) is 5.00. The number of nitrogens with two attached hydrogens (primary N) is 1. The quantitative estimate of drug-likeness (QED) is 0.610. The monoisotopic (exact) mass is 334 g/mol. The number of anilines is 3. The van der Waals surface area contributed by atoms with E-state index >= 15 is 0 Å². The molecule has 0 aliphatic carbocycles. The lowest BCUT2D eigenvalue weighted by molar-refractivity contribution is -0.274. The number of rotatable bonds is 4. The van der Waals surface area contributed by atoms with Gasteiger partial charge in [0.1, 0.15) is 0 Å². The van der Waals surface area contributed by atoms with Crippen LogP contribution in [0.1, 0.15) is 5.56 Å². The minimum Gasteiger partial charge on any atom is -0.397 e. The Morgan fingerprint density at radius 1 is 0.913 bits per heavy atom. The smallest absolute Gasteiger partial charge is 0.397 e. The lowest BCUT2D eigenvalue weighted by Crippen LogP contribution is -2.44. The number of benzene rings is 2. The fourth-order valence-electron chi connectivity index (χ4n) is 1.99. The van der Waals surface area contributed by atoms with Crippen molar-refractivity contribution in [2.24, 2.45) is 0 Å². The van der Waals surface area contributed by atoms with Crippen LogP contribution in [0.25, 0.3) is 0 Å². The van der Waals surface area contributed by atoms with E-state index in [1.54, 1.807) is 30.3 Å². The Labute approximate surface area is 127 Å². The lowest BCUT2D eigenvalue weighted by atomic mass is 9.94. The van der Waals surface area contributed by atoms with E-state index in [1.165, 1.54) is 0 Å². The van der Waals surface area contributed by atoms with Gasteiger partial charge >= 0.3 is 6.18 Å². The zero-order valence-corrected chi connectivity index (χ0v) is 11.5. The minimum absolute atomic E-state index is 0.179. The fraction of sp³-hybridized carbons (Fsp3) is 0.200. The van der Waals surface area contributed by atoms with Crippen molar-refractivity contribution in [1.29, 1.82) is 0 Å². The van der Waals surface area contributed by atoms with Crippen LogP contribution in [0.15, 0.2) is 48.5 Å². The van der Waals surface area contributed by atoms with E-state index in [1.807, 2.05) is 0 Å². The number of halogens is 6. The van der Waals surface area contributed by atoms with Gasteiger partial charge in [-0.05, 0) is 24.3 Å². The second kappa shape index (κ2) is 6.02. The molecule has 0 fully saturated rings. The first-order valence-electron chi connectivity index (χ1n) is 6.42. The maximum atomic E-state index is 13.9. The molecule has 2 rings (SSSR count). The highest BCUT2D eigenvalue weighted by Crippen LogP contribution is 2.47. The van der Waals surface area contributed by atoms with Gasteiger partial charge < -0.3 is 11.1 Å². The second-order valence-corrected chi connectivity index (χ2v) is 4.80. The van der Waals surface area contributed by atoms with Gasteiger partial charge in [-0.2, -0.15) is 13.2 Å². The Kier molecular flexibility index (Phi) is 4.44. The van der Waals surface area contributed by atoms with Gasteiger partial charge in [-0.3, -0.25) is 0 Å². The van der Waals surface area contributed by atoms with E-state index < -0.39 is 23.8 Å². The molecule has 0 saturated carbocycles. The molecule has 0 heterocycles. The summed E-state index contributed by atoms with van der Waals surface area (Å²) in [4.78, 5) is 0. The fourth-order valence-corrected chi connectivity index (χ4v) is 1.99. The average Bonchev–Trinajstić information content (AvgIpc) is 2.48. The first-order valence-corrected chi connectivity index (χ1v) is 6.42. The van der Waals surface area contributed by atoms with Crippen molar-refractivity contribution >= 4 is 17.1 Å². The van der Waals surface area contributed by atoms with E-state index in [0.717, 1.165) is 6.07 Å². The van der Waals surface area contributed by atoms with E-state index in [9.17, 15) is 26.3 Å². The zero-order valence-electron chi connectivity index (χ0n) is 11.5. The average molecular weight is 334 g/mol. The van der Waals surface area contributed by atoms with Crippen molar-refractivity contribution in [1.82, 2.24) is 0 Å². The summed E-state index contributed by atoms with van der Waals surface area (Å²) in [6.45, 7) is 0. The van der Waals surface area contributed by atoms with Crippen LogP contribution in [0.4, 0.5) is 43.4 Å². The number of hydrogen-bond donors (Lipinski definition) is 2. The molecule has 8 heteroatoms. The second-order valence-electron chi connectivity index (χ2n) is 4.80. The molecule has 2 nitrogen and oxygen atoms in total. The molecule has 124 valence electrons. The molecule has 0 aromatic heterocycles. The summed E-state index contributed by atoms with van der Waals surface area (Å²) in [5.41, 5.74) is 0.0430. The molecule has 0 bridgehead atoms. The van der Waals surface area contributed by atoms with E-state index in [2.05, 4.69) is 5.32 Å². The van der Waals surface area contributed by atoms with Gasteiger partial charge in [-0.1, -0.05) is 24.3 Å². The maximum Gasteiger partial charge on any atom is 0.432 e. The van der Waals surface area contributed by atoms with Crippen molar-refractivity contribution < 1.29 is 26.3 Å². The highest BCUT2D eigenvalue weighted by Gasteiger charge is 2.64. The van der Waals surface area contributed by atoms with Crippen LogP contribution in [0.5, 0.6) is 0 Å². The van der Waals surface area contributed by atoms with Crippen LogP contribution in [0.2, 0.25) is 0 Å². The minimum atomic E-state index is -5.76. The van der Waals surface area contributed by atoms with Gasteiger partial charge in [0.25, 0.3) is 12.1 Å². The van der Waals surface area contributed by atoms with Crippen molar-refractivity contribution in [3.05, 3.63) is 54.1 Å². The van der Waals surface area contributed by atoms with Crippen LogP contribution in [-0.4, -0.2) is 12.6 Å². The van der Waals surface area contributed by atoms with Crippen LogP contribution >= 0.6 is 0 Å². The first kappa shape index (κ1) is 17.0. The Morgan fingerprint density at radius 2 is 1.52 bits per heavy atom. The summed E-state index contributed by atoms with van der Waals surface area (Å²) in [6.07, 6.45) is -10.0. The summed E-state index contributed by atoms with van der Waals surface area (Å²) in [5, 5.41) is 2.80. The molecule has 0 aliphatic heterocycles. The standard InChI is InChI=1S/C15H12F6N2/c16-13(17)14(18,15(19,20)21)9-6-7-12(11(22)8-9)23-10-4-2-1-3-5-10/h1-8,13,23H,22H2. The number of hydrogen-bond acceptors (Lipinski definition) is 2. The van der Waals surface area contributed by atoms with Gasteiger partial charge in [0, 0.05) is 11.3 Å². The molecule has 0 amide bonds. The summed E-state index contributed by atoms with van der Waals surface area (Å²) in [7, 11) is 0. The summed E-state index contributed by atoms with van der Waals surface area (Å²) < 4.78 is 77.5. The Hall–Kier alpha value is -2.38. The molecular formula is C15H12F6N2. The third-order valence-electron chi connectivity index (χ3n) is 3.24. The normalized spacial score (nSPS) is 14.6. The first-order chi connectivity index (χ1) is 10.7. The Bertz CT molecular complexity index is 671. The molecule has 2 aromatic carbocycles. The van der Waals surface area contributed by atoms with Crippen LogP contribution in [0, 0.1) is 0 Å². The number of nitrogens with one attached hydrogen (secondary N) is 1. The highest BCUT2D eigenvalue weighted by atomic mass is 19.4. The number of alkyl halides is 6. The molecule has 0 spiro atoms. The van der Waals surface area contributed by atoms with Gasteiger partial charge in [-0.25, -0.2) is 13.2 Å². The van der Waals surface area contributed by atoms with Crippen molar-refractivity contribution in [3.63, 3.8) is 0 Å². The highest BCUT2D eigenvalue weighted by molar-refractivity contribution is 5.73. The largest absolute Gasteiger partial charge is 0.432 e. The molecule has 23 heavy (non-hydrogen) atoms. The van der Waals surface area contributed by atoms with Gasteiger partial charge in [0.2, 0.25) is 0 Å². The topological polar surface area (TPSA) is 38.0 Å². The molecule has 0 aliphatic rings. The summed E-state index contributed by atoms with van der Waals surface area (Å²) >= 11 is 0. The van der Waals surface area contributed by atoms with Crippen molar-refractivity contribution in [2.45, 2.75) is 18.3 Å². The third kappa shape index (κ3) is 3.20. The van der Waals surface area contributed by atoms with Crippen LogP contribution in [-0.2, 0) is 5.67 Å². The summed E-state index contributed by atoms with van der Waals surface area (Å²) in [6, 6.07) is 10.7. The summed E-state index contributed by atoms with van der Waals surface area (Å²) in [5.74, 6) is 0. The van der Waals surface area contributed by atoms with E-state index in [0.29, 0.717) is 17.8 Å². The molecule has 0 radical (unpaired) electrons. The van der Waals surface area contributed by atoms with Crippen LogP contribution in [0.3, 0.4) is 0 Å². The van der Waals surface area contributed by atoms with Gasteiger partial charge in [-0.15, -0.1) is 0 Å². The maximum absolute atomic E-state index is 13.9. The van der Waals surface area contributed by atoms with Gasteiger partial charge in [0.05, 0.1) is 11.4 Å². The molecule has 1 unspecified atom stereocenters. The number of nitrogen functional groups attached to an aromatic ring is 1. The van der Waals surface area contributed by atoms with Crippen molar-refractivity contribution in [2.75, 3.05) is 11.1 Å². The van der Waals surface area contributed by atoms with E-state index in [4.69, 9.17) is 5.73 Å². The van der Waals surface area contributed by atoms with Crippen molar-refractivity contribution in [3.8, 4) is 0 Å². The lowest BCUT2D eigenvalue weighted by Gasteiger charge is -2.28. The number of para-hydroxylation sites is 1. The van der Waals surface area contributed by atoms with E-state index in [-0.39, 0.29) is 11.4 Å². The SMILES string of the molecule is Nc1cc(C(F)(C(F)F)C(F)(F)F)ccc1Nc1ccccc1. The predicted molar refractivity (Wildman–Crippen MR) is 75.4 cm³/mol. The Morgan fingerprint density at radius 3 is 2.00 bits per heavy atom. The third-order valence-corrected chi connectivity index (χ3v) is 3.24. The Balaban J connectivity index is 2.39. The molecule has 1 atom stereocenters. The molecule has 0 saturated heterocycles. The molecule has 3 N–H and O–H groups in total. The van der Waals surface area contributed by atoms with Gasteiger partial charge in [0.15, 0.2) is 0 Å². The molecule has 2 aromatic rings. The van der Waals surface area contributed by atoms with Crippen LogP contribution < -0.4 is 11.1 Å².